The van der Waals surface area contributed by atoms with Crippen LogP contribution in [0.3, 0.4) is 0 Å². The van der Waals surface area contributed by atoms with Crippen molar-refractivity contribution in [2.75, 3.05) is 6.54 Å². The number of alkyl halides is 2. The van der Waals surface area contributed by atoms with Crippen molar-refractivity contribution in [1.82, 2.24) is 4.90 Å². The van der Waals surface area contributed by atoms with E-state index >= 15 is 0 Å². The Kier molecular flexibility index (Phi) is 4.37. The minimum Gasteiger partial charge on any atom is -0.477 e. The molecule has 1 saturated heterocycles. The second kappa shape index (κ2) is 5.30. The van der Waals surface area contributed by atoms with Crippen LogP contribution >= 0.6 is 0 Å². The Balaban J connectivity index is 2.90. The topological polar surface area (TPSA) is 66.8 Å². The molecule has 1 rings (SSSR count). The minimum absolute atomic E-state index is 0.0431. The number of amides is 1. The summed E-state index contributed by atoms with van der Waals surface area (Å²) in [6.45, 7) is 4.96. The van der Waals surface area contributed by atoms with E-state index in [2.05, 4.69) is 0 Å². The van der Waals surface area contributed by atoms with Crippen molar-refractivity contribution >= 4 is 12.1 Å². The number of piperidine rings is 1. The van der Waals surface area contributed by atoms with E-state index in [0.717, 1.165) is 4.90 Å². The van der Waals surface area contributed by atoms with Gasteiger partial charge in [-0.05, 0) is 40.0 Å². The van der Waals surface area contributed by atoms with E-state index < -0.39 is 29.6 Å². The van der Waals surface area contributed by atoms with Crippen LogP contribution in [-0.4, -0.2) is 46.2 Å². The molecule has 110 valence electrons. The number of rotatable bonds is 2. The summed E-state index contributed by atoms with van der Waals surface area (Å²) in [5, 5.41) is 8.60. The fourth-order valence-electron chi connectivity index (χ4n) is 1.99. The predicted octanol–water partition coefficient (Wildman–Crippen LogP) is 2.50. The summed E-state index contributed by atoms with van der Waals surface area (Å²) in [4.78, 5) is 23.4. The zero-order valence-electron chi connectivity index (χ0n) is 11.3. The molecule has 1 aliphatic rings. The van der Waals surface area contributed by atoms with Crippen molar-refractivity contribution < 1.29 is 28.2 Å². The Morgan fingerprint density at radius 3 is 2.32 bits per heavy atom. The predicted molar refractivity (Wildman–Crippen MR) is 63.2 cm³/mol. The van der Waals surface area contributed by atoms with Gasteiger partial charge in [0.15, 0.2) is 0 Å². The summed E-state index contributed by atoms with van der Waals surface area (Å²) in [5.41, 5.74) is -0.808. The molecular weight excluding hydrogens is 260 g/mol. The van der Waals surface area contributed by atoms with Crippen molar-refractivity contribution in [3.8, 4) is 0 Å². The summed E-state index contributed by atoms with van der Waals surface area (Å²) >= 11 is 0. The van der Waals surface area contributed by atoms with Crippen LogP contribution in [-0.2, 0) is 9.53 Å². The van der Waals surface area contributed by atoms with Gasteiger partial charge in [-0.2, -0.15) is 8.78 Å². The molecule has 0 saturated carbocycles. The molecule has 1 amide bonds. The van der Waals surface area contributed by atoms with Gasteiger partial charge in [-0.15, -0.1) is 0 Å². The van der Waals surface area contributed by atoms with Gasteiger partial charge in [0.1, 0.15) is 11.6 Å². The zero-order chi connectivity index (χ0) is 14.8. The molecule has 5 nitrogen and oxygen atoms in total. The lowest BCUT2D eigenvalue weighted by molar-refractivity contribution is -0.176. The molecule has 0 aromatic carbocycles. The minimum atomic E-state index is -3.96. The van der Waals surface area contributed by atoms with Gasteiger partial charge in [0.2, 0.25) is 0 Å². The average Bonchev–Trinajstić information content (AvgIpc) is 2.26. The molecule has 1 atom stereocenters. The van der Waals surface area contributed by atoms with Gasteiger partial charge in [-0.25, -0.2) is 9.59 Å². The maximum Gasteiger partial charge on any atom is 0.410 e. The highest BCUT2D eigenvalue weighted by Crippen LogP contribution is 2.32. The molecule has 1 fully saturated rings. The third-order valence-corrected chi connectivity index (χ3v) is 2.83. The lowest BCUT2D eigenvalue weighted by Gasteiger charge is -2.38. The van der Waals surface area contributed by atoms with Gasteiger partial charge in [-0.1, -0.05) is 0 Å². The van der Waals surface area contributed by atoms with Crippen LogP contribution in [0, 0.1) is 0 Å². The van der Waals surface area contributed by atoms with E-state index in [-0.39, 0.29) is 13.0 Å². The van der Waals surface area contributed by atoms with Crippen LogP contribution in [0.15, 0.2) is 0 Å². The van der Waals surface area contributed by atoms with Gasteiger partial charge >= 0.3 is 18.0 Å². The molecule has 0 aromatic heterocycles. The number of halogens is 2. The molecule has 7 heteroatoms. The van der Waals surface area contributed by atoms with Crippen LogP contribution < -0.4 is 0 Å². The molecule has 0 bridgehead atoms. The maximum absolute atomic E-state index is 13.6. The molecule has 0 spiro atoms. The number of hydrogen-bond acceptors (Lipinski definition) is 3. The smallest absolute Gasteiger partial charge is 0.410 e. The Morgan fingerprint density at radius 2 is 1.84 bits per heavy atom. The average molecular weight is 279 g/mol. The molecule has 1 aliphatic heterocycles. The Morgan fingerprint density at radius 1 is 1.26 bits per heavy atom. The third kappa shape index (κ3) is 3.78. The van der Waals surface area contributed by atoms with E-state index in [1.807, 2.05) is 0 Å². The number of carboxylic acids is 1. The monoisotopic (exact) mass is 279 g/mol. The molecule has 1 heterocycles. The van der Waals surface area contributed by atoms with E-state index in [4.69, 9.17) is 9.84 Å². The number of hydrogen-bond donors (Lipinski definition) is 1. The highest BCUT2D eigenvalue weighted by Gasteiger charge is 2.52. The first-order valence-corrected chi connectivity index (χ1v) is 6.16. The Hall–Kier alpha value is -1.40. The van der Waals surface area contributed by atoms with Crippen LogP contribution in [0.25, 0.3) is 0 Å². The molecular formula is C12H19F2NO4. The summed E-state index contributed by atoms with van der Waals surface area (Å²) in [6.07, 6.45) is 0.0923. The van der Waals surface area contributed by atoms with Crippen molar-refractivity contribution in [3.63, 3.8) is 0 Å². The van der Waals surface area contributed by atoms with Crippen molar-refractivity contribution in [1.29, 1.82) is 0 Å². The summed E-state index contributed by atoms with van der Waals surface area (Å²) in [5.74, 6) is -6.18. The molecule has 0 aliphatic carbocycles. The van der Waals surface area contributed by atoms with E-state index in [1.54, 1.807) is 20.8 Å². The molecule has 1 N–H and O–H groups in total. The lowest BCUT2D eigenvalue weighted by Crippen LogP contribution is -2.56. The highest BCUT2D eigenvalue weighted by molar-refractivity contribution is 5.78. The van der Waals surface area contributed by atoms with E-state index in [1.165, 1.54) is 0 Å². The van der Waals surface area contributed by atoms with Crippen LogP contribution in [0.5, 0.6) is 0 Å². The molecule has 0 aromatic rings. The second-order valence-electron chi connectivity index (χ2n) is 5.61. The Bertz CT molecular complexity index is 365. The lowest BCUT2D eigenvalue weighted by atomic mass is 9.97. The molecule has 19 heavy (non-hydrogen) atoms. The molecule has 1 unspecified atom stereocenters. The Labute approximate surface area is 110 Å². The summed E-state index contributed by atoms with van der Waals surface area (Å²) < 4.78 is 32.3. The zero-order valence-corrected chi connectivity index (χ0v) is 11.3. The molecule has 0 radical (unpaired) electrons. The SMILES string of the molecule is CC(C)(C)OC(=O)N1CCCCC1C(F)(F)C(=O)O. The standard InChI is InChI=1S/C12H19F2NO4/c1-11(2,3)19-10(18)15-7-5-4-6-8(15)12(13,14)9(16)17/h8H,4-7H2,1-3H3,(H,16,17). The van der Waals surface area contributed by atoms with Gasteiger partial charge in [0.25, 0.3) is 0 Å². The number of aliphatic carboxylic acids is 1. The van der Waals surface area contributed by atoms with Crippen LogP contribution in [0.4, 0.5) is 13.6 Å². The quantitative estimate of drug-likeness (QED) is 0.843. The number of carbonyl (C=O) groups excluding carboxylic acids is 1. The van der Waals surface area contributed by atoms with E-state index in [0.29, 0.717) is 12.8 Å². The van der Waals surface area contributed by atoms with Crippen molar-refractivity contribution in [3.05, 3.63) is 0 Å². The number of carbonyl (C=O) groups is 2. The first-order valence-electron chi connectivity index (χ1n) is 6.16. The maximum atomic E-state index is 13.6. The fraction of sp³-hybridized carbons (Fsp3) is 0.833. The highest BCUT2D eigenvalue weighted by atomic mass is 19.3. The van der Waals surface area contributed by atoms with Crippen molar-refractivity contribution in [2.24, 2.45) is 0 Å². The van der Waals surface area contributed by atoms with E-state index in [9.17, 15) is 18.4 Å². The number of likely N-dealkylation sites (tertiary alicyclic amines) is 1. The van der Waals surface area contributed by atoms with Crippen LogP contribution in [0.1, 0.15) is 40.0 Å². The first kappa shape index (κ1) is 15.7. The normalized spacial score (nSPS) is 21.1. The number of nitrogens with zero attached hydrogens (tertiary/aromatic N) is 1. The third-order valence-electron chi connectivity index (χ3n) is 2.83. The first-order chi connectivity index (χ1) is 8.55. The van der Waals surface area contributed by atoms with Gasteiger partial charge in [0, 0.05) is 6.54 Å². The van der Waals surface area contributed by atoms with Crippen LogP contribution in [0.2, 0.25) is 0 Å². The summed E-state index contributed by atoms with van der Waals surface area (Å²) in [6, 6.07) is -1.64. The summed E-state index contributed by atoms with van der Waals surface area (Å²) in [7, 11) is 0. The van der Waals surface area contributed by atoms with Gasteiger partial charge < -0.3 is 9.84 Å². The number of ether oxygens (including phenoxy) is 1. The van der Waals surface area contributed by atoms with Gasteiger partial charge in [-0.3, -0.25) is 4.90 Å². The van der Waals surface area contributed by atoms with Crippen molar-refractivity contribution in [2.45, 2.75) is 57.6 Å². The number of carboxylic acid groups (broad SMARTS) is 1. The second-order valence-corrected chi connectivity index (χ2v) is 5.61. The fourth-order valence-corrected chi connectivity index (χ4v) is 1.99. The van der Waals surface area contributed by atoms with Gasteiger partial charge in [0.05, 0.1) is 0 Å². The largest absolute Gasteiger partial charge is 0.477 e.